The lowest BCUT2D eigenvalue weighted by Crippen LogP contribution is -2.26. The second-order valence-corrected chi connectivity index (χ2v) is 9.50. The minimum Gasteiger partial charge on any atom is -0.490 e. The van der Waals surface area contributed by atoms with E-state index in [1.54, 1.807) is 0 Å². The first kappa shape index (κ1) is 23.1. The van der Waals surface area contributed by atoms with Crippen LogP contribution < -0.4 is 9.64 Å². The summed E-state index contributed by atoms with van der Waals surface area (Å²) in [4.78, 5) is 19.7. The van der Waals surface area contributed by atoms with E-state index in [1.807, 2.05) is 92.4 Å². The third kappa shape index (κ3) is 4.66. The lowest BCUT2D eigenvalue weighted by molar-refractivity contribution is -0.117. The number of fused-ring (bicyclic) bond motifs is 1. The van der Waals surface area contributed by atoms with Gasteiger partial charge in [-0.2, -0.15) is 0 Å². The van der Waals surface area contributed by atoms with Crippen molar-refractivity contribution in [1.29, 1.82) is 0 Å². The Balaban J connectivity index is 1.39. The summed E-state index contributed by atoms with van der Waals surface area (Å²) in [5, 5.41) is 11.0. The number of nitrogens with zero attached hydrogens (tertiary/aromatic N) is 3. The van der Waals surface area contributed by atoms with E-state index in [2.05, 4.69) is 4.57 Å². The summed E-state index contributed by atoms with van der Waals surface area (Å²) in [6.45, 7) is 7.14. The Hall–Kier alpha value is -3.64. The molecule has 2 atom stereocenters. The summed E-state index contributed by atoms with van der Waals surface area (Å²) in [7, 11) is 0. The number of carbonyl (C=O) groups is 1. The van der Waals surface area contributed by atoms with Crippen LogP contribution in [0.2, 0.25) is 0 Å². The summed E-state index contributed by atoms with van der Waals surface area (Å²) in [6.07, 6.45) is -0.331. The Morgan fingerprint density at radius 3 is 2.54 bits per heavy atom. The number of aryl methyl sites for hydroxylation is 3. The first-order valence-corrected chi connectivity index (χ1v) is 12.1. The monoisotopic (exact) mass is 469 g/mol. The van der Waals surface area contributed by atoms with Gasteiger partial charge in [0.15, 0.2) is 0 Å². The Morgan fingerprint density at radius 1 is 1.03 bits per heavy atom. The van der Waals surface area contributed by atoms with Crippen LogP contribution in [0.25, 0.3) is 11.0 Å². The largest absolute Gasteiger partial charge is 0.490 e. The van der Waals surface area contributed by atoms with Crippen LogP contribution >= 0.6 is 0 Å². The molecule has 6 nitrogen and oxygen atoms in total. The molecule has 4 aromatic rings. The highest BCUT2D eigenvalue weighted by atomic mass is 16.5. The zero-order valence-corrected chi connectivity index (χ0v) is 20.4. The molecule has 0 aliphatic carbocycles. The molecule has 0 spiro atoms. The molecule has 35 heavy (non-hydrogen) atoms. The lowest BCUT2D eigenvalue weighted by atomic mass is 10.1. The van der Waals surface area contributed by atoms with E-state index in [4.69, 9.17) is 9.72 Å². The lowest BCUT2D eigenvalue weighted by Gasteiger charge is -2.20. The molecular formula is C29H31N3O3. The van der Waals surface area contributed by atoms with E-state index in [0.29, 0.717) is 19.5 Å². The predicted octanol–water partition coefficient (Wildman–Crippen LogP) is 4.92. The number of carbonyl (C=O) groups excluding carboxylic acids is 1. The number of amides is 1. The van der Waals surface area contributed by atoms with Gasteiger partial charge < -0.3 is 19.3 Å². The number of rotatable bonds is 7. The first-order valence-electron chi connectivity index (χ1n) is 12.1. The molecule has 2 heterocycles. The number of para-hydroxylation sites is 3. The summed E-state index contributed by atoms with van der Waals surface area (Å²) >= 11 is 0. The molecule has 1 aliphatic rings. The van der Waals surface area contributed by atoms with E-state index in [-0.39, 0.29) is 18.4 Å². The van der Waals surface area contributed by atoms with Crippen molar-refractivity contribution in [3.63, 3.8) is 0 Å². The van der Waals surface area contributed by atoms with Crippen molar-refractivity contribution in [3.05, 3.63) is 89.2 Å². The zero-order chi connectivity index (χ0) is 24.5. The van der Waals surface area contributed by atoms with E-state index in [9.17, 15) is 9.90 Å². The first-order chi connectivity index (χ1) is 16.9. The molecule has 1 saturated heterocycles. The average Bonchev–Trinajstić information content (AvgIpc) is 3.39. The smallest absolute Gasteiger partial charge is 0.227 e. The van der Waals surface area contributed by atoms with Crippen LogP contribution in [0, 0.1) is 20.8 Å². The molecule has 0 saturated carbocycles. The van der Waals surface area contributed by atoms with Crippen LogP contribution in [0.5, 0.6) is 5.75 Å². The normalized spacial score (nSPS) is 16.7. The van der Waals surface area contributed by atoms with Gasteiger partial charge in [-0.25, -0.2) is 4.98 Å². The standard InChI is InChI=1S/C29H31N3O3/c1-19-8-6-11-23(14-19)31-16-22(15-27(31)34)29-30-25-12-4-5-13-26(25)32(29)17-24(33)18-35-28-20(2)9-7-10-21(28)3/h4-14,22,24,33H,15-18H2,1-3H3/t22-,24-/m1/s1. The molecule has 180 valence electrons. The predicted molar refractivity (Wildman–Crippen MR) is 138 cm³/mol. The fourth-order valence-electron chi connectivity index (χ4n) is 4.99. The molecule has 1 N–H and O–H groups in total. The van der Waals surface area contributed by atoms with Crippen molar-refractivity contribution in [1.82, 2.24) is 9.55 Å². The molecule has 6 heteroatoms. The van der Waals surface area contributed by atoms with Gasteiger partial charge >= 0.3 is 0 Å². The van der Waals surface area contributed by atoms with Gasteiger partial charge in [-0.3, -0.25) is 4.79 Å². The SMILES string of the molecule is Cc1cccc(N2C[C@H](c3nc4ccccc4n3C[C@@H](O)COc3c(C)cccc3C)CC2=O)c1. The fourth-order valence-corrected chi connectivity index (χ4v) is 4.99. The third-order valence-electron chi connectivity index (χ3n) is 6.71. The van der Waals surface area contributed by atoms with Crippen LogP contribution in [0.4, 0.5) is 5.69 Å². The maximum Gasteiger partial charge on any atom is 0.227 e. The molecule has 1 amide bonds. The number of imidazole rings is 1. The van der Waals surface area contributed by atoms with E-state index >= 15 is 0 Å². The van der Waals surface area contributed by atoms with Crippen molar-refractivity contribution in [3.8, 4) is 5.75 Å². The molecule has 1 fully saturated rings. The topological polar surface area (TPSA) is 67.6 Å². The Labute approximate surface area is 205 Å². The number of benzene rings is 3. The third-order valence-corrected chi connectivity index (χ3v) is 6.71. The van der Waals surface area contributed by atoms with Crippen molar-refractivity contribution < 1.29 is 14.6 Å². The molecule has 3 aromatic carbocycles. The van der Waals surface area contributed by atoms with Crippen LogP contribution in [0.1, 0.15) is 34.9 Å². The van der Waals surface area contributed by atoms with Crippen molar-refractivity contribution >= 4 is 22.6 Å². The fraction of sp³-hybridized carbons (Fsp3) is 0.310. The van der Waals surface area contributed by atoms with Gasteiger partial charge in [0.25, 0.3) is 0 Å². The number of ether oxygens (including phenoxy) is 1. The van der Waals surface area contributed by atoms with Gasteiger partial charge in [0.05, 0.1) is 17.6 Å². The number of anilines is 1. The van der Waals surface area contributed by atoms with Crippen LogP contribution in [-0.4, -0.2) is 39.8 Å². The van der Waals surface area contributed by atoms with Gasteiger partial charge in [0.2, 0.25) is 5.91 Å². The van der Waals surface area contributed by atoms with Crippen LogP contribution in [0.15, 0.2) is 66.7 Å². The van der Waals surface area contributed by atoms with E-state index in [0.717, 1.165) is 45.0 Å². The van der Waals surface area contributed by atoms with Gasteiger partial charge in [-0.15, -0.1) is 0 Å². The highest BCUT2D eigenvalue weighted by molar-refractivity contribution is 5.96. The highest BCUT2D eigenvalue weighted by Crippen LogP contribution is 2.33. The van der Waals surface area contributed by atoms with Gasteiger partial charge in [-0.1, -0.05) is 42.5 Å². The van der Waals surface area contributed by atoms with Gasteiger partial charge in [0, 0.05) is 24.6 Å². The summed E-state index contributed by atoms with van der Waals surface area (Å²) in [5.74, 6) is 1.69. The molecule has 0 bridgehead atoms. The van der Waals surface area contributed by atoms with E-state index in [1.165, 1.54) is 0 Å². The number of aliphatic hydroxyl groups excluding tert-OH is 1. The summed E-state index contributed by atoms with van der Waals surface area (Å²) in [5.41, 5.74) is 5.96. The molecule has 5 rings (SSSR count). The van der Waals surface area contributed by atoms with Crippen molar-refractivity contribution in [2.24, 2.45) is 0 Å². The number of hydrogen-bond donors (Lipinski definition) is 1. The zero-order valence-electron chi connectivity index (χ0n) is 20.4. The molecule has 1 aromatic heterocycles. The summed E-state index contributed by atoms with van der Waals surface area (Å²) in [6, 6.07) is 22.0. The quantitative estimate of drug-likeness (QED) is 0.417. The maximum absolute atomic E-state index is 13.0. The van der Waals surface area contributed by atoms with Crippen LogP contribution in [0.3, 0.4) is 0 Å². The average molecular weight is 470 g/mol. The Kier molecular flexibility index (Phi) is 6.31. The van der Waals surface area contributed by atoms with E-state index < -0.39 is 6.10 Å². The maximum atomic E-state index is 13.0. The van der Waals surface area contributed by atoms with Crippen LogP contribution in [-0.2, 0) is 11.3 Å². The molecular weight excluding hydrogens is 438 g/mol. The van der Waals surface area contributed by atoms with Gasteiger partial charge in [-0.05, 0) is 61.7 Å². The van der Waals surface area contributed by atoms with Gasteiger partial charge in [0.1, 0.15) is 24.3 Å². The number of aromatic nitrogens is 2. The summed E-state index contributed by atoms with van der Waals surface area (Å²) < 4.78 is 8.07. The highest BCUT2D eigenvalue weighted by Gasteiger charge is 2.35. The van der Waals surface area contributed by atoms with Crippen molar-refractivity contribution in [2.75, 3.05) is 18.1 Å². The Morgan fingerprint density at radius 2 is 1.77 bits per heavy atom. The minimum absolute atomic E-state index is 0.0536. The second kappa shape index (κ2) is 9.55. The van der Waals surface area contributed by atoms with Crippen molar-refractivity contribution in [2.45, 2.75) is 45.8 Å². The second-order valence-electron chi connectivity index (χ2n) is 9.50. The molecule has 0 radical (unpaired) electrons. The minimum atomic E-state index is -0.727. The Bertz CT molecular complexity index is 1360. The number of aliphatic hydroxyl groups is 1. The molecule has 1 aliphatic heterocycles. The molecule has 0 unspecified atom stereocenters. The number of hydrogen-bond acceptors (Lipinski definition) is 4.